The summed E-state index contributed by atoms with van der Waals surface area (Å²) in [6.45, 7) is 2.70. The van der Waals surface area contributed by atoms with Crippen molar-refractivity contribution in [2.24, 2.45) is 5.92 Å². The Morgan fingerprint density at radius 2 is 2.16 bits per heavy atom. The van der Waals surface area contributed by atoms with Crippen LogP contribution in [0.3, 0.4) is 0 Å². The van der Waals surface area contributed by atoms with E-state index in [0.29, 0.717) is 29.9 Å². The van der Waals surface area contributed by atoms with Crippen molar-refractivity contribution in [3.8, 4) is 17.0 Å². The first-order valence-corrected chi connectivity index (χ1v) is 11.9. The smallest absolute Gasteiger partial charge is 0.172 e. The number of carbonyl (C=O) groups is 1. The topological polar surface area (TPSA) is 79.5 Å². The molecule has 3 aromatic heterocycles. The number of rotatable bonds is 9. The van der Waals surface area contributed by atoms with Crippen molar-refractivity contribution in [1.82, 2.24) is 14.6 Å². The molecule has 8 heteroatoms. The van der Waals surface area contributed by atoms with E-state index in [2.05, 4.69) is 31.3 Å². The highest BCUT2D eigenvalue weighted by Gasteiger charge is 2.15. The van der Waals surface area contributed by atoms with Crippen molar-refractivity contribution >= 4 is 44.5 Å². The number of aromatic nitrogens is 3. The average Bonchev–Trinajstić information content (AvgIpc) is 3.41. The quantitative estimate of drug-likeness (QED) is 0.295. The third kappa shape index (κ3) is 4.97. The van der Waals surface area contributed by atoms with Gasteiger partial charge in [-0.2, -0.15) is 21.0 Å². The lowest BCUT2D eigenvalue weighted by Crippen LogP contribution is -2.15. The van der Waals surface area contributed by atoms with Gasteiger partial charge in [-0.1, -0.05) is 19.1 Å². The van der Waals surface area contributed by atoms with Gasteiger partial charge in [0.25, 0.3) is 0 Å². The first-order chi connectivity index (χ1) is 15.0. The third-order valence-electron chi connectivity index (χ3n) is 5.24. The molecule has 0 saturated carbocycles. The molecule has 0 radical (unpaired) electrons. The molecule has 2 N–H and O–H groups in total. The van der Waals surface area contributed by atoms with Crippen LogP contribution in [0.25, 0.3) is 16.9 Å². The zero-order valence-electron chi connectivity index (χ0n) is 17.1. The molecule has 0 spiro atoms. The van der Waals surface area contributed by atoms with Gasteiger partial charge in [-0.15, -0.1) is 0 Å². The van der Waals surface area contributed by atoms with E-state index >= 15 is 0 Å². The van der Waals surface area contributed by atoms with Crippen LogP contribution in [0.4, 0.5) is 5.82 Å². The lowest BCUT2D eigenvalue weighted by Gasteiger charge is -2.13. The third-order valence-corrected chi connectivity index (χ3v) is 6.53. The molecule has 31 heavy (non-hydrogen) atoms. The Morgan fingerprint density at radius 3 is 2.94 bits per heavy atom. The summed E-state index contributed by atoms with van der Waals surface area (Å²) in [5.41, 5.74) is 3.09. The molecular weight excluding hydrogens is 476 g/mol. The molecule has 1 aromatic carbocycles. The number of hydrogen-bond donors (Lipinski definition) is 2. The van der Waals surface area contributed by atoms with Crippen molar-refractivity contribution in [2.75, 3.05) is 11.9 Å². The van der Waals surface area contributed by atoms with Gasteiger partial charge in [-0.3, -0.25) is 4.79 Å². The monoisotopic (exact) mass is 498 g/mol. The van der Waals surface area contributed by atoms with E-state index in [1.165, 1.54) is 0 Å². The highest BCUT2D eigenvalue weighted by Crippen LogP contribution is 2.31. The van der Waals surface area contributed by atoms with Crippen molar-refractivity contribution in [1.29, 1.82) is 0 Å². The van der Waals surface area contributed by atoms with Crippen LogP contribution in [-0.2, 0) is 11.2 Å². The van der Waals surface area contributed by atoms with Crippen molar-refractivity contribution < 1.29 is 9.90 Å². The number of nitrogens with zero attached hydrogens (tertiary/aromatic N) is 3. The summed E-state index contributed by atoms with van der Waals surface area (Å²) in [6.07, 6.45) is 3.88. The molecule has 4 aromatic rings. The van der Waals surface area contributed by atoms with Crippen molar-refractivity contribution in [2.45, 2.75) is 26.2 Å². The number of para-hydroxylation sites is 1. The van der Waals surface area contributed by atoms with Crippen LogP contribution >= 0.6 is 27.3 Å². The summed E-state index contributed by atoms with van der Waals surface area (Å²) in [4.78, 5) is 17.1. The number of carbonyl (C=O) groups excluding carboxylic acids is 1. The molecule has 0 amide bonds. The number of benzene rings is 1. The number of Topliss-reactive ketones (excluding diaryl/α,β-unsaturated/α-hetero) is 1. The Bertz CT molecular complexity index is 1190. The van der Waals surface area contributed by atoms with Gasteiger partial charge in [0, 0.05) is 30.5 Å². The fraction of sp³-hybridized carbons (Fsp3) is 0.261. The van der Waals surface area contributed by atoms with E-state index < -0.39 is 0 Å². The summed E-state index contributed by atoms with van der Waals surface area (Å²) < 4.78 is 2.51. The molecule has 0 saturated heterocycles. The zero-order valence-corrected chi connectivity index (χ0v) is 19.5. The van der Waals surface area contributed by atoms with Crippen LogP contribution in [0.1, 0.15) is 25.3 Å². The number of thiophene rings is 1. The van der Waals surface area contributed by atoms with E-state index in [4.69, 9.17) is 0 Å². The Kier molecular flexibility index (Phi) is 6.67. The van der Waals surface area contributed by atoms with E-state index in [9.17, 15) is 9.90 Å². The summed E-state index contributed by atoms with van der Waals surface area (Å²) in [5.74, 6) is 1.27. The van der Waals surface area contributed by atoms with Crippen LogP contribution in [0.5, 0.6) is 5.75 Å². The number of phenolic OH excluding ortho intramolecular Hbond substituents is 1. The first-order valence-electron chi connectivity index (χ1n) is 10.1. The van der Waals surface area contributed by atoms with Crippen molar-refractivity contribution in [3.63, 3.8) is 0 Å². The van der Waals surface area contributed by atoms with Gasteiger partial charge in [-0.25, -0.2) is 4.98 Å². The number of phenols is 1. The first kappa shape index (κ1) is 21.5. The Balaban J connectivity index is 1.43. The molecular formula is C23H23BrN4O2S. The number of anilines is 1. The maximum atomic E-state index is 12.4. The summed E-state index contributed by atoms with van der Waals surface area (Å²) >= 11 is 5.12. The zero-order chi connectivity index (χ0) is 21.8. The Morgan fingerprint density at radius 1 is 1.32 bits per heavy atom. The summed E-state index contributed by atoms with van der Waals surface area (Å²) in [5, 5.41) is 22.1. The fourth-order valence-electron chi connectivity index (χ4n) is 3.44. The molecule has 1 unspecified atom stereocenters. The second-order valence-corrected chi connectivity index (χ2v) is 9.15. The van der Waals surface area contributed by atoms with Gasteiger partial charge in [-0.05, 0) is 63.3 Å². The molecule has 6 nitrogen and oxygen atoms in total. The van der Waals surface area contributed by atoms with E-state index in [-0.39, 0.29) is 17.5 Å². The predicted octanol–water partition coefficient (Wildman–Crippen LogP) is 5.57. The highest BCUT2D eigenvalue weighted by atomic mass is 79.9. The standard InChI is InChI=1S/C23H23BrN4O2S/c1-15(21(30)11-16-8-10-31-14-16)5-4-9-25-22-12-19(17-6-2-3-7-20(17)29)27-23-18(24)13-26-28(22)23/h2-3,6-8,10,12-15,25,29H,4-5,9,11H2,1H3. The normalized spacial score (nSPS) is 12.2. The molecule has 0 aliphatic heterocycles. The second-order valence-electron chi connectivity index (χ2n) is 7.52. The average molecular weight is 499 g/mol. The number of halogens is 1. The number of ketones is 1. The van der Waals surface area contributed by atoms with E-state index in [0.717, 1.165) is 28.7 Å². The Hall–Kier alpha value is -2.71. The second kappa shape index (κ2) is 9.62. The maximum Gasteiger partial charge on any atom is 0.172 e. The SMILES string of the molecule is CC(CCCNc1cc(-c2ccccc2O)nc2c(Br)cnn12)C(=O)Cc1ccsc1. The van der Waals surface area contributed by atoms with Gasteiger partial charge in [0.1, 0.15) is 17.4 Å². The van der Waals surface area contributed by atoms with Crippen LogP contribution in [0.15, 0.2) is 57.8 Å². The highest BCUT2D eigenvalue weighted by molar-refractivity contribution is 9.10. The van der Waals surface area contributed by atoms with Gasteiger partial charge < -0.3 is 10.4 Å². The number of fused-ring (bicyclic) bond motifs is 1. The van der Waals surface area contributed by atoms with Gasteiger partial charge in [0.15, 0.2) is 5.65 Å². The predicted molar refractivity (Wildman–Crippen MR) is 128 cm³/mol. The van der Waals surface area contributed by atoms with Crippen LogP contribution in [0.2, 0.25) is 0 Å². The molecule has 4 rings (SSSR count). The van der Waals surface area contributed by atoms with Crippen molar-refractivity contribution in [3.05, 3.63) is 63.4 Å². The van der Waals surface area contributed by atoms with Crippen LogP contribution < -0.4 is 5.32 Å². The molecule has 0 aliphatic rings. The fourth-order valence-corrected chi connectivity index (χ4v) is 4.46. The summed E-state index contributed by atoms with van der Waals surface area (Å²) in [6, 6.07) is 11.0. The molecule has 0 fully saturated rings. The lowest BCUT2D eigenvalue weighted by atomic mass is 9.96. The van der Waals surface area contributed by atoms with Crippen LogP contribution in [0, 0.1) is 5.92 Å². The summed E-state index contributed by atoms with van der Waals surface area (Å²) in [7, 11) is 0. The van der Waals surface area contributed by atoms with Crippen LogP contribution in [-0.4, -0.2) is 32.0 Å². The maximum absolute atomic E-state index is 12.4. The lowest BCUT2D eigenvalue weighted by molar-refractivity contribution is -0.121. The van der Waals surface area contributed by atoms with Gasteiger partial charge >= 0.3 is 0 Å². The number of hydrogen-bond acceptors (Lipinski definition) is 6. The minimum Gasteiger partial charge on any atom is -0.507 e. The minimum absolute atomic E-state index is 0.0230. The molecule has 160 valence electrons. The molecule has 3 heterocycles. The van der Waals surface area contributed by atoms with Gasteiger partial charge in [0.05, 0.1) is 16.4 Å². The number of nitrogens with one attached hydrogen (secondary N) is 1. The Labute approximate surface area is 193 Å². The molecule has 1 atom stereocenters. The number of aromatic hydroxyl groups is 1. The van der Waals surface area contributed by atoms with Gasteiger partial charge in [0.2, 0.25) is 0 Å². The minimum atomic E-state index is 0.0230. The van der Waals surface area contributed by atoms with E-state index in [1.807, 2.05) is 41.9 Å². The van der Waals surface area contributed by atoms with E-state index in [1.54, 1.807) is 34.2 Å². The molecule has 0 aliphatic carbocycles. The molecule has 0 bridgehead atoms. The largest absolute Gasteiger partial charge is 0.507 e.